The maximum absolute atomic E-state index is 12.7. The van der Waals surface area contributed by atoms with Crippen LogP contribution in [0.15, 0.2) is 0 Å². The Kier molecular flexibility index (Phi) is 10.2. The molecule has 0 aromatic heterocycles. The van der Waals surface area contributed by atoms with Crippen molar-refractivity contribution in [1.82, 2.24) is 16.0 Å². The van der Waals surface area contributed by atoms with Gasteiger partial charge in [0, 0.05) is 12.5 Å². The molecule has 2 heterocycles. The lowest BCUT2D eigenvalue weighted by Crippen LogP contribution is -2.58. The van der Waals surface area contributed by atoms with Crippen molar-refractivity contribution in [3.8, 4) is 0 Å². The third kappa shape index (κ3) is 7.33. The predicted octanol–water partition coefficient (Wildman–Crippen LogP) is -2.46. The first-order chi connectivity index (χ1) is 16.7. The first kappa shape index (κ1) is 29.9. The number of carbonyl (C=O) groups excluding carboxylic acids is 3. The van der Waals surface area contributed by atoms with Gasteiger partial charge in [0.05, 0.1) is 6.61 Å². The van der Waals surface area contributed by atoms with Crippen LogP contribution in [0.3, 0.4) is 0 Å². The third-order valence-electron chi connectivity index (χ3n) is 6.26. The summed E-state index contributed by atoms with van der Waals surface area (Å²) in [6, 6.07) is -4.59. The number of carboxylic acids is 1. The van der Waals surface area contributed by atoms with Crippen LogP contribution in [-0.4, -0.2) is 100 Å². The first-order valence-electron chi connectivity index (χ1n) is 11.9. The van der Waals surface area contributed by atoms with Crippen molar-refractivity contribution in [2.75, 3.05) is 6.61 Å². The number of nitrogens with two attached hydrogens (primary N) is 1. The Bertz CT molecular complexity index is 825. The number of ether oxygens (including phenoxy) is 3. The zero-order chi connectivity index (χ0) is 27.4. The van der Waals surface area contributed by atoms with Crippen molar-refractivity contribution in [2.45, 2.75) is 102 Å². The number of rotatable bonds is 12. The quantitative estimate of drug-likeness (QED) is 0.144. The lowest BCUT2D eigenvalue weighted by molar-refractivity contribution is -0.217. The summed E-state index contributed by atoms with van der Waals surface area (Å²) in [6.07, 6.45) is -3.36. The van der Waals surface area contributed by atoms with Crippen LogP contribution in [0, 0.1) is 5.92 Å². The standard InChI is InChI=1S/C22H38N4O10/c1-6-9(2)14(19(31)25-12(8-27)20(32)33)26-18(30)10(3)24-13(28)7-11(23)16-15(29)17-21(34-16)36-22(4,5)35-17/h9-12,14-17,21,27,29H,6-8,23H2,1-5H3,(H,24,28)(H,25,31)(H,26,30)(H,32,33)/t9?,10-,11-,12-,14-,15-,16?,17+,21+/m0/s1. The maximum atomic E-state index is 12.7. The highest BCUT2D eigenvalue weighted by molar-refractivity contribution is 5.93. The molecule has 2 unspecified atom stereocenters. The molecule has 9 atom stereocenters. The highest BCUT2D eigenvalue weighted by Gasteiger charge is 2.55. The summed E-state index contributed by atoms with van der Waals surface area (Å²) >= 11 is 0. The van der Waals surface area contributed by atoms with Crippen LogP contribution in [0.4, 0.5) is 0 Å². The number of amides is 3. The second-order valence-electron chi connectivity index (χ2n) is 9.67. The predicted molar refractivity (Wildman–Crippen MR) is 123 cm³/mol. The van der Waals surface area contributed by atoms with Crippen molar-refractivity contribution in [3.05, 3.63) is 0 Å². The number of carboxylic acid groups (broad SMARTS) is 1. The number of fused-ring (bicyclic) bond motifs is 1. The van der Waals surface area contributed by atoms with E-state index in [0.29, 0.717) is 6.42 Å². The number of aliphatic hydroxyl groups is 2. The normalized spacial score (nSPS) is 28.8. The Balaban J connectivity index is 1.91. The average molecular weight is 519 g/mol. The molecule has 0 saturated carbocycles. The molecule has 36 heavy (non-hydrogen) atoms. The summed E-state index contributed by atoms with van der Waals surface area (Å²) in [4.78, 5) is 48.9. The molecule has 206 valence electrons. The van der Waals surface area contributed by atoms with E-state index in [-0.39, 0.29) is 12.3 Å². The lowest BCUT2D eigenvalue weighted by atomic mass is 9.97. The van der Waals surface area contributed by atoms with Gasteiger partial charge < -0.3 is 51.2 Å². The molecule has 0 spiro atoms. The van der Waals surface area contributed by atoms with Gasteiger partial charge in [-0.15, -0.1) is 0 Å². The summed E-state index contributed by atoms with van der Waals surface area (Å²) in [7, 11) is 0. The van der Waals surface area contributed by atoms with E-state index in [1.54, 1.807) is 27.7 Å². The summed E-state index contributed by atoms with van der Waals surface area (Å²) in [6.45, 7) is 7.44. The van der Waals surface area contributed by atoms with Gasteiger partial charge in [-0.1, -0.05) is 20.3 Å². The van der Waals surface area contributed by atoms with Gasteiger partial charge in [0.25, 0.3) is 0 Å². The van der Waals surface area contributed by atoms with Gasteiger partial charge in [-0.05, 0) is 26.7 Å². The smallest absolute Gasteiger partial charge is 0.328 e. The number of carbonyl (C=O) groups is 4. The summed E-state index contributed by atoms with van der Waals surface area (Å²) in [5, 5.41) is 35.9. The van der Waals surface area contributed by atoms with E-state index in [2.05, 4.69) is 16.0 Å². The van der Waals surface area contributed by atoms with Crippen LogP contribution in [-0.2, 0) is 33.4 Å². The fraction of sp³-hybridized carbons (Fsp3) is 0.818. The number of hydrogen-bond donors (Lipinski definition) is 7. The van der Waals surface area contributed by atoms with Gasteiger partial charge in [-0.25, -0.2) is 4.79 Å². The fourth-order valence-corrected chi connectivity index (χ4v) is 3.99. The van der Waals surface area contributed by atoms with Crippen molar-refractivity contribution in [3.63, 3.8) is 0 Å². The van der Waals surface area contributed by atoms with E-state index < -0.39 is 84.9 Å². The van der Waals surface area contributed by atoms with Crippen molar-refractivity contribution in [1.29, 1.82) is 0 Å². The van der Waals surface area contributed by atoms with Gasteiger partial charge in [-0.3, -0.25) is 14.4 Å². The molecule has 2 saturated heterocycles. The molecule has 0 radical (unpaired) electrons. The molecular weight excluding hydrogens is 480 g/mol. The second kappa shape index (κ2) is 12.3. The van der Waals surface area contributed by atoms with Crippen LogP contribution in [0.2, 0.25) is 0 Å². The minimum absolute atomic E-state index is 0.270. The average Bonchev–Trinajstić information content (AvgIpc) is 3.26. The van der Waals surface area contributed by atoms with Crippen molar-refractivity contribution < 1.29 is 48.7 Å². The topological polar surface area (TPSA) is 219 Å². The lowest BCUT2D eigenvalue weighted by Gasteiger charge is -2.27. The van der Waals surface area contributed by atoms with Crippen molar-refractivity contribution >= 4 is 23.7 Å². The SMILES string of the molecule is CCC(C)[C@H](NC(=O)[C@H](C)NC(=O)C[C@H](N)C1O[C@@H]2OC(C)(C)O[C@@H]2[C@H]1O)C(=O)N[C@@H](CO)C(=O)O. The number of nitrogens with one attached hydrogen (secondary N) is 3. The molecule has 2 fully saturated rings. The van der Waals surface area contributed by atoms with Gasteiger partial charge in [-0.2, -0.15) is 0 Å². The zero-order valence-electron chi connectivity index (χ0n) is 21.1. The van der Waals surface area contributed by atoms with Crippen LogP contribution < -0.4 is 21.7 Å². The van der Waals surface area contributed by atoms with E-state index in [1.165, 1.54) is 6.92 Å². The van der Waals surface area contributed by atoms with E-state index in [9.17, 15) is 24.3 Å². The summed E-state index contributed by atoms with van der Waals surface area (Å²) in [5.74, 6) is -4.74. The molecule has 14 heteroatoms. The number of hydrogen-bond acceptors (Lipinski definition) is 10. The zero-order valence-corrected chi connectivity index (χ0v) is 21.1. The number of aliphatic hydroxyl groups excluding tert-OH is 2. The first-order valence-corrected chi connectivity index (χ1v) is 11.9. The molecule has 0 aromatic rings. The molecule has 0 aromatic carbocycles. The molecule has 0 aliphatic carbocycles. The molecule has 0 bridgehead atoms. The molecule has 2 aliphatic heterocycles. The molecule has 2 rings (SSSR count). The van der Waals surface area contributed by atoms with E-state index in [0.717, 1.165) is 0 Å². The number of aliphatic carboxylic acids is 1. The van der Waals surface area contributed by atoms with Crippen LogP contribution in [0.5, 0.6) is 0 Å². The molecule has 3 amide bonds. The molecule has 2 aliphatic rings. The van der Waals surface area contributed by atoms with E-state index in [1.807, 2.05) is 0 Å². The molecule has 14 nitrogen and oxygen atoms in total. The van der Waals surface area contributed by atoms with E-state index >= 15 is 0 Å². The Morgan fingerprint density at radius 3 is 2.22 bits per heavy atom. The summed E-state index contributed by atoms with van der Waals surface area (Å²) < 4.78 is 16.8. The summed E-state index contributed by atoms with van der Waals surface area (Å²) in [5.41, 5.74) is 6.08. The third-order valence-corrected chi connectivity index (χ3v) is 6.26. The Hall–Kier alpha value is -2.36. The highest BCUT2D eigenvalue weighted by Crippen LogP contribution is 2.38. The molecule has 8 N–H and O–H groups in total. The van der Waals surface area contributed by atoms with Crippen molar-refractivity contribution in [2.24, 2.45) is 11.7 Å². The molecular formula is C22H38N4O10. The van der Waals surface area contributed by atoms with E-state index in [4.69, 9.17) is 30.2 Å². The van der Waals surface area contributed by atoms with Crippen LogP contribution >= 0.6 is 0 Å². The largest absolute Gasteiger partial charge is 0.480 e. The highest BCUT2D eigenvalue weighted by atomic mass is 16.8. The van der Waals surface area contributed by atoms with Gasteiger partial charge in [0.1, 0.15) is 36.4 Å². The Labute approximate surface area is 209 Å². The van der Waals surface area contributed by atoms with Gasteiger partial charge in [0.2, 0.25) is 17.7 Å². The van der Waals surface area contributed by atoms with Gasteiger partial charge in [0.15, 0.2) is 12.1 Å². The monoisotopic (exact) mass is 518 g/mol. The Morgan fingerprint density at radius 2 is 1.69 bits per heavy atom. The fourth-order valence-electron chi connectivity index (χ4n) is 3.99. The Morgan fingerprint density at radius 1 is 1.06 bits per heavy atom. The maximum Gasteiger partial charge on any atom is 0.328 e. The minimum Gasteiger partial charge on any atom is -0.480 e. The van der Waals surface area contributed by atoms with Gasteiger partial charge >= 0.3 is 5.97 Å². The van der Waals surface area contributed by atoms with Crippen LogP contribution in [0.25, 0.3) is 0 Å². The second-order valence-corrected chi connectivity index (χ2v) is 9.67. The minimum atomic E-state index is -1.52. The van der Waals surface area contributed by atoms with Crippen LogP contribution in [0.1, 0.15) is 47.5 Å².